The smallest absolute Gasteiger partial charge is 0.321 e. The van der Waals surface area contributed by atoms with Crippen molar-refractivity contribution in [2.75, 3.05) is 11.5 Å². The molecule has 0 spiro atoms. The first kappa shape index (κ1) is 43.1. The van der Waals surface area contributed by atoms with E-state index in [0.29, 0.717) is 25.0 Å². The Labute approximate surface area is 277 Å². The largest absolute Gasteiger partial charge is 0.480 e. The Hall–Kier alpha value is -0.880. The van der Waals surface area contributed by atoms with Crippen LogP contribution in [0.4, 0.5) is 0 Å². The lowest BCUT2D eigenvalue weighted by atomic mass is 9.93. The Morgan fingerprint density at radius 2 is 0.864 bits per heavy atom. The summed E-state index contributed by atoms with van der Waals surface area (Å²) >= 11 is 1.40. The van der Waals surface area contributed by atoms with E-state index in [0.717, 1.165) is 25.7 Å². The third kappa shape index (κ3) is 29.8. The zero-order chi connectivity index (χ0) is 32.5. The zero-order valence-corrected chi connectivity index (χ0v) is 30.0. The van der Waals surface area contributed by atoms with Crippen LogP contribution in [-0.2, 0) is 14.4 Å². The molecule has 0 aliphatic rings. The van der Waals surface area contributed by atoms with E-state index in [1.165, 1.54) is 153 Å². The van der Waals surface area contributed by atoms with E-state index in [2.05, 4.69) is 13.8 Å². The first-order valence-corrected chi connectivity index (χ1v) is 20.2. The van der Waals surface area contributed by atoms with Gasteiger partial charge in [-0.1, -0.05) is 168 Å². The van der Waals surface area contributed by atoms with Crippen LogP contribution >= 0.6 is 11.8 Å². The highest BCUT2D eigenvalue weighted by molar-refractivity contribution is 7.99. The molecule has 0 saturated heterocycles. The van der Waals surface area contributed by atoms with Crippen molar-refractivity contribution in [3.05, 3.63) is 0 Å². The van der Waals surface area contributed by atoms with Crippen molar-refractivity contribution < 1.29 is 19.5 Å². The van der Waals surface area contributed by atoms with E-state index >= 15 is 0 Å². The molecule has 0 aromatic rings. The molecule has 0 aliphatic heterocycles. The summed E-state index contributed by atoms with van der Waals surface area (Å²) in [6.07, 6.45) is 34.6. The Bertz CT molecular complexity index is 671. The summed E-state index contributed by atoms with van der Waals surface area (Å²) in [5, 5.41) is 9.08. The second-order valence-corrected chi connectivity index (χ2v) is 14.4. The molecule has 6 heteroatoms. The van der Waals surface area contributed by atoms with E-state index in [1.807, 2.05) is 0 Å². The van der Waals surface area contributed by atoms with Gasteiger partial charge in [-0.3, -0.25) is 14.4 Å². The van der Waals surface area contributed by atoms with Crippen molar-refractivity contribution >= 4 is 29.3 Å². The second-order valence-electron chi connectivity index (χ2n) is 13.4. The lowest BCUT2D eigenvalue weighted by Crippen LogP contribution is -2.33. The first-order chi connectivity index (χ1) is 21.4. The standard InChI is InChI=1S/C38H73NO4S/c1-3-5-7-9-11-13-15-17-19-21-23-25-27-29-35(40)31-34(32-44-33-36(39)38(42)43)37(41)30-28-26-24-22-20-18-16-14-12-10-8-6-4-2/h34,36H,3-33,39H2,1-2H3,(H,42,43)/t34?,36-/m0/s1. The van der Waals surface area contributed by atoms with Gasteiger partial charge in [0.05, 0.1) is 0 Å². The minimum Gasteiger partial charge on any atom is -0.480 e. The molecule has 260 valence electrons. The van der Waals surface area contributed by atoms with Gasteiger partial charge in [-0.25, -0.2) is 0 Å². The van der Waals surface area contributed by atoms with Crippen LogP contribution in [0, 0.1) is 5.92 Å². The summed E-state index contributed by atoms with van der Waals surface area (Å²) in [7, 11) is 0. The average molecular weight is 640 g/mol. The van der Waals surface area contributed by atoms with Crippen LogP contribution in [0.1, 0.15) is 200 Å². The number of carboxylic acids is 1. The third-order valence-electron chi connectivity index (χ3n) is 8.95. The van der Waals surface area contributed by atoms with Crippen molar-refractivity contribution in [1.82, 2.24) is 0 Å². The Balaban J connectivity index is 4.11. The molecule has 3 N–H and O–H groups in total. The van der Waals surface area contributed by atoms with Crippen molar-refractivity contribution in [3.63, 3.8) is 0 Å². The predicted molar refractivity (Wildman–Crippen MR) is 192 cm³/mol. The number of ketones is 2. The van der Waals surface area contributed by atoms with Gasteiger partial charge in [-0.05, 0) is 12.8 Å². The van der Waals surface area contributed by atoms with E-state index in [4.69, 9.17) is 10.8 Å². The highest BCUT2D eigenvalue weighted by atomic mass is 32.2. The Kier molecular flexibility index (Phi) is 32.8. The minimum atomic E-state index is -1.02. The summed E-state index contributed by atoms with van der Waals surface area (Å²) in [6, 6.07) is -0.932. The quantitative estimate of drug-likeness (QED) is 0.0662. The second kappa shape index (κ2) is 33.5. The van der Waals surface area contributed by atoms with Gasteiger partial charge in [0.25, 0.3) is 0 Å². The van der Waals surface area contributed by atoms with Crippen molar-refractivity contribution in [2.45, 2.75) is 206 Å². The fourth-order valence-corrected chi connectivity index (χ4v) is 7.03. The molecular formula is C38H73NO4S. The maximum atomic E-state index is 13.1. The molecule has 0 heterocycles. The summed E-state index contributed by atoms with van der Waals surface area (Å²) in [5.74, 6) is -0.227. The normalized spacial score (nSPS) is 12.8. The van der Waals surface area contributed by atoms with Crippen molar-refractivity contribution in [2.24, 2.45) is 11.7 Å². The highest BCUT2D eigenvalue weighted by Crippen LogP contribution is 2.21. The van der Waals surface area contributed by atoms with Crippen LogP contribution in [-0.4, -0.2) is 40.2 Å². The number of nitrogens with two attached hydrogens (primary N) is 1. The molecular weight excluding hydrogens is 566 g/mol. The van der Waals surface area contributed by atoms with Gasteiger partial charge < -0.3 is 10.8 Å². The number of Topliss-reactive ketones (excluding diaryl/α,β-unsaturated/α-hetero) is 2. The van der Waals surface area contributed by atoms with Crippen LogP contribution in [0.25, 0.3) is 0 Å². The van der Waals surface area contributed by atoms with Crippen LogP contribution < -0.4 is 5.73 Å². The maximum absolute atomic E-state index is 13.1. The Morgan fingerprint density at radius 1 is 0.523 bits per heavy atom. The van der Waals surface area contributed by atoms with Gasteiger partial charge in [-0.15, -0.1) is 0 Å². The molecule has 5 nitrogen and oxygen atoms in total. The van der Waals surface area contributed by atoms with Gasteiger partial charge in [0, 0.05) is 36.7 Å². The van der Waals surface area contributed by atoms with E-state index in [1.54, 1.807) is 0 Å². The van der Waals surface area contributed by atoms with E-state index in [9.17, 15) is 14.4 Å². The minimum absolute atomic E-state index is 0.170. The fourth-order valence-electron chi connectivity index (χ4n) is 5.91. The number of carbonyl (C=O) groups excluding carboxylic acids is 2. The molecule has 0 aromatic heterocycles. The van der Waals surface area contributed by atoms with Crippen LogP contribution in [0.5, 0.6) is 0 Å². The third-order valence-corrected chi connectivity index (χ3v) is 10.2. The first-order valence-electron chi connectivity index (χ1n) is 19.0. The molecule has 2 atom stereocenters. The number of carbonyl (C=O) groups is 3. The van der Waals surface area contributed by atoms with Crippen LogP contribution in [0.15, 0.2) is 0 Å². The predicted octanol–water partition coefficient (Wildman–Crippen LogP) is 11.2. The molecule has 1 unspecified atom stereocenters. The summed E-state index contributed by atoms with van der Waals surface area (Å²) < 4.78 is 0. The van der Waals surface area contributed by atoms with E-state index in [-0.39, 0.29) is 23.2 Å². The van der Waals surface area contributed by atoms with Crippen LogP contribution in [0.3, 0.4) is 0 Å². The molecule has 0 aliphatic carbocycles. The molecule has 0 fully saturated rings. The zero-order valence-electron chi connectivity index (χ0n) is 29.2. The van der Waals surface area contributed by atoms with Gasteiger partial charge in [0.1, 0.15) is 17.6 Å². The van der Waals surface area contributed by atoms with Crippen LogP contribution in [0.2, 0.25) is 0 Å². The van der Waals surface area contributed by atoms with Crippen molar-refractivity contribution in [3.8, 4) is 0 Å². The maximum Gasteiger partial charge on any atom is 0.321 e. The molecule has 0 amide bonds. The van der Waals surface area contributed by atoms with Gasteiger partial charge in [-0.2, -0.15) is 11.8 Å². The van der Waals surface area contributed by atoms with Crippen molar-refractivity contribution in [1.29, 1.82) is 0 Å². The average Bonchev–Trinajstić information content (AvgIpc) is 3.01. The topological polar surface area (TPSA) is 97.5 Å². The number of unbranched alkanes of at least 4 members (excludes halogenated alkanes) is 24. The number of carboxylic acid groups (broad SMARTS) is 1. The highest BCUT2D eigenvalue weighted by Gasteiger charge is 2.22. The summed E-state index contributed by atoms with van der Waals surface area (Å²) in [6.45, 7) is 4.52. The molecule has 0 radical (unpaired) electrons. The summed E-state index contributed by atoms with van der Waals surface area (Å²) in [5.41, 5.74) is 5.66. The number of rotatable bonds is 36. The summed E-state index contributed by atoms with van der Waals surface area (Å²) in [4.78, 5) is 36.9. The SMILES string of the molecule is CCCCCCCCCCCCCCCC(=O)CC(CSC[C@H](N)C(=O)O)C(=O)CCCCCCCCCCCCCCC. The number of thioether (sulfide) groups is 1. The number of hydrogen-bond donors (Lipinski definition) is 2. The lowest BCUT2D eigenvalue weighted by Gasteiger charge is -2.16. The van der Waals surface area contributed by atoms with Gasteiger partial charge in [0.2, 0.25) is 0 Å². The van der Waals surface area contributed by atoms with E-state index < -0.39 is 12.0 Å². The monoisotopic (exact) mass is 640 g/mol. The number of aliphatic carboxylic acids is 1. The number of hydrogen-bond acceptors (Lipinski definition) is 5. The lowest BCUT2D eigenvalue weighted by molar-refractivity contribution is -0.137. The fraction of sp³-hybridized carbons (Fsp3) is 0.921. The molecule has 0 bridgehead atoms. The molecule has 0 saturated carbocycles. The molecule has 44 heavy (non-hydrogen) atoms. The van der Waals surface area contributed by atoms with Gasteiger partial charge >= 0.3 is 5.97 Å². The molecule has 0 rings (SSSR count). The Morgan fingerprint density at radius 3 is 1.23 bits per heavy atom. The van der Waals surface area contributed by atoms with Gasteiger partial charge in [0.15, 0.2) is 0 Å². The molecule has 0 aromatic carbocycles.